The third-order valence-corrected chi connectivity index (χ3v) is 4.16. The highest BCUT2D eigenvalue weighted by molar-refractivity contribution is 5.90. The van der Waals surface area contributed by atoms with Crippen molar-refractivity contribution in [3.63, 3.8) is 0 Å². The van der Waals surface area contributed by atoms with E-state index in [-0.39, 0.29) is 18.1 Å². The monoisotopic (exact) mass is 362 g/mol. The normalized spacial score (nSPS) is 11.0. The molecule has 1 N–H and O–H groups in total. The summed E-state index contributed by atoms with van der Waals surface area (Å²) < 4.78 is 2.65. The average Bonchev–Trinajstić information content (AvgIpc) is 2.98. The Bertz CT molecular complexity index is 1190. The lowest BCUT2D eigenvalue weighted by Gasteiger charge is -2.12. The van der Waals surface area contributed by atoms with Gasteiger partial charge in [-0.1, -0.05) is 30.3 Å². The first kappa shape index (κ1) is 16.8. The summed E-state index contributed by atoms with van der Waals surface area (Å²) in [5.74, 6) is 0.239. The van der Waals surface area contributed by atoms with Crippen molar-refractivity contribution in [3.8, 4) is 0 Å². The summed E-state index contributed by atoms with van der Waals surface area (Å²) in [7, 11) is 3.67. The Morgan fingerprint density at radius 3 is 2.52 bits per heavy atom. The third kappa shape index (κ3) is 3.01. The molecule has 2 aromatic heterocycles. The van der Waals surface area contributed by atoms with Gasteiger partial charge in [-0.05, 0) is 24.3 Å². The number of hydrogen-bond donors (Lipinski definition) is 1. The number of hydrogen-bond acceptors (Lipinski definition) is 5. The molecule has 0 aliphatic heterocycles. The number of nitrogens with one attached hydrogen (secondary N) is 1. The third-order valence-electron chi connectivity index (χ3n) is 4.16. The van der Waals surface area contributed by atoms with Crippen molar-refractivity contribution in [2.24, 2.45) is 0 Å². The minimum atomic E-state index is -0.380. The van der Waals surface area contributed by atoms with E-state index in [0.29, 0.717) is 28.2 Å². The van der Waals surface area contributed by atoms with Crippen molar-refractivity contribution >= 4 is 34.1 Å². The SMILES string of the molecule is CN(C)c1nc2ccccc2n2c(=O)n(CC(=O)Nc3ccccc3)nc12. The Hall–Kier alpha value is -3.68. The summed E-state index contributed by atoms with van der Waals surface area (Å²) in [5.41, 5.74) is 2.04. The van der Waals surface area contributed by atoms with Crippen LogP contribution >= 0.6 is 0 Å². The van der Waals surface area contributed by atoms with Crippen molar-refractivity contribution in [1.29, 1.82) is 0 Å². The predicted molar refractivity (Wildman–Crippen MR) is 104 cm³/mol. The van der Waals surface area contributed by atoms with Gasteiger partial charge in [-0.25, -0.2) is 18.9 Å². The molecule has 0 saturated carbocycles. The minimum Gasteiger partial charge on any atom is -0.360 e. The van der Waals surface area contributed by atoms with Crippen LogP contribution in [-0.4, -0.2) is 39.2 Å². The lowest BCUT2D eigenvalue weighted by Crippen LogP contribution is -2.28. The van der Waals surface area contributed by atoms with E-state index >= 15 is 0 Å². The number of aromatic nitrogens is 4. The fourth-order valence-corrected chi connectivity index (χ4v) is 2.94. The number of carbonyl (C=O) groups is 1. The largest absolute Gasteiger partial charge is 0.360 e. The molecule has 1 amide bonds. The first-order valence-electron chi connectivity index (χ1n) is 8.45. The highest BCUT2D eigenvalue weighted by atomic mass is 16.2. The standard InChI is InChI=1S/C19H18N6O2/c1-23(2)17-18-22-24(12-16(26)20-13-8-4-3-5-9-13)19(27)25(18)15-11-7-6-10-14(15)21-17/h3-11H,12H2,1-2H3,(H,20,26). The maximum absolute atomic E-state index is 12.9. The molecule has 0 aliphatic carbocycles. The van der Waals surface area contributed by atoms with Gasteiger partial charge in [0.15, 0.2) is 5.82 Å². The molecule has 136 valence electrons. The Kier molecular flexibility index (Phi) is 4.08. The molecule has 4 aromatic rings. The predicted octanol–water partition coefficient (Wildman–Crippen LogP) is 1.75. The summed E-state index contributed by atoms with van der Waals surface area (Å²) in [4.78, 5) is 31.7. The van der Waals surface area contributed by atoms with Gasteiger partial charge in [0, 0.05) is 19.8 Å². The molecular formula is C19H18N6O2. The van der Waals surface area contributed by atoms with Crippen LogP contribution in [0.5, 0.6) is 0 Å². The van der Waals surface area contributed by atoms with Crippen LogP contribution in [0.4, 0.5) is 11.5 Å². The van der Waals surface area contributed by atoms with Crippen LogP contribution in [-0.2, 0) is 11.3 Å². The van der Waals surface area contributed by atoms with E-state index in [4.69, 9.17) is 0 Å². The molecule has 0 spiro atoms. The van der Waals surface area contributed by atoms with E-state index in [1.165, 1.54) is 4.40 Å². The zero-order valence-corrected chi connectivity index (χ0v) is 15.0. The number of rotatable bonds is 4. The van der Waals surface area contributed by atoms with E-state index in [0.717, 1.165) is 4.68 Å². The van der Waals surface area contributed by atoms with Crippen LogP contribution in [0.15, 0.2) is 59.4 Å². The number of carbonyl (C=O) groups excluding carboxylic acids is 1. The van der Waals surface area contributed by atoms with Gasteiger partial charge in [-0.2, -0.15) is 0 Å². The fraction of sp³-hybridized carbons (Fsp3) is 0.158. The van der Waals surface area contributed by atoms with Crippen molar-refractivity contribution in [2.45, 2.75) is 6.54 Å². The molecule has 0 unspecified atom stereocenters. The van der Waals surface area contributed by atoms with E-state index < -0.39 is 0 Å². The zero-order valence-electron chi connectivity index (χ0n) is 15.0. The molecule has 0 atom stereocenters. The van der Waals surface area contributed by atoms with Gasteiger partial charge in [-0.15, -0.1) is 5.10 Å². The molecule has 8 nitrogen and oxygen atoms in total. The van der Waals surface area contributed by atoms with Crippen LogP contribution in [0.25, 0.3) is 16.7 Å². The van der Waals surface area contributed by atoms with Crippen molar-refractivity contribution in [2.75, 3.05) is 24.3 Å². The Balaban J connectivity index is 1.79. The lowest BCUT2D eigenvalue weighted by molar-refractivity contribution is -0.117. The first-order valence-corrected chi connectivity index (χ1v) is 8.45. The van der Waals surface area contributed by atoms with Crippen LogP contribution < -0.4 is 15.9 Å². The van der Waals surface area contributed by atoms with Crippen LogP contribution in [0.3, 0.4) is 0 Å². The molecule has 0 saturated heterocycles. The van der Waals surface area contributed by atoms with E-state index in [1.807, 2.05) is 56.6 Å². The molecule has 4 rings (SSSR count). The number of anilines is 2. The molecule has 0 radical (unpaired) electrons. The maximum Gasteiger partial charge on any atom is 0.351 e. The number of para-hydroxylation sites is 3. The highest BCUT2D eigenvalue weighted by Crippen LogP contribution is 2.20. The first-order chi connectivity index (χ1) is 13.0. The Morgan fingerprint density at radius 2 is 1.78 bits per heavy atom. The van der Waals surface area contributed by atoms with Gasteiger partial charge in [0.25, 0.3) is 0 Å². The summed E-state index contributed by atoms with van der Waals surface area (Å²) in [6.07, 6.45) is 0. The van der Waals surface area contributed by atoms with Crippen molar-refractivity contribution < 1.29 is 4.79 Å². The molecule has 8 heteroatoms. The van der Waals surface area contributed by atoms with E-state index in [1.54, 1.807) is 17.0 Å². The number of amides is 1. The molecular weight excluding hydrogens is 344 g/mol. The fourth-order valence-electron chi connectivity index (χ4n) is 2.94. The highest BCUT2D eigenvalue weighted by Gasteiger charge is 2.18. The van der Waals surface area contributed by atoms with Crippen LogP contribution in [0, 0.1) is 0 Å². The number of nitrogens with zero attached hydrogens (tertiary/aromatic N) is 5. The molecule has 0 bridgehead atoms. The number of fused-ring (bicyclic) bond motifs is 3. The zero-order chi connectivity index (χ0) is 19.0. The summed E-state index contributed by atoms with van der Waals surface area (Å²) in [6.45, 7) is -0.184. The molecule has 2 aromatic carbocycles. The lowest BCUT2D eigenvalue weighted by atomic mass is 10.3. The van der Waals surface area contributed by atoms with Gasteiger partial charge < -0.3 is 10.2 Å². The minimum absolute atomic E-state index is 0.184. The average molecular weight is 362 g/mol. The molecule has 0 fully saturated rings. The second kappa shape index (κ2) is 6.56. The van der Waals surface area contributed by atoms with Gasteiger partial charge in [0.1, 0.15) is 6.54 Å². The van der Waals surface area contributed by atoms with Crippen molar-refractivity contribution in [1.82, 2.24) is 19.2 Å². The van der Waals surface area contributed by atoms with Gasteiger partial charge >= 0.3 is 5.69 Å². The number of benzene rings is 2. The summed E-state index contributed by atoms with van der Waals surface area (Å²) >= 11 is 0. The molecule has 0 aliphatic rings. The summed E-state index contributed by atoms with van der Waals surface area (Å²) in [6, 6.07) is 16.4. The molecule has 27 heavy (non-hydrogen) atoms. The van der Waals surface area contributed by atoms with Crippen LogP contribution in [0.2, 0.25) is 0 Å². The van der Waals surface area contributed by atoms with E-state index in [9.17, 15) is 9.59 Å². The second-order valence-electron chi connectivity index (χ2n) is 6.33. The quantitative estimate of drug-likeness (QED) is 0.598. The molecule has 2 heterocycles. The summed E-state index contributed by atoms with van der Waals surface area (Å²) in [5, 5.41) is 7.13. The van der Waals surface area contributed by atoms with Gasteiger partial charge in [0.05, 0.1) is 11.0 Å². The van der Waals surface area contributed by atoms with Gasteiger partial charge in [-0.3, -0.25) is 4.79 Å². The topological polar surface area (TPSA) is 84.5 Å². The van der Waals surface area contributed by atoms with Crippen LogP contribution in [0.1, 0.15) is 0 Å². The Labute approximate surface area is 154 Å². The van der Waals surface area contributed by atoms with Gasteiger partial charge in [0.2, 0.25) is 11.6 Å². The van der Waals surface area contributed by atoms with E-state index in [2.05, 4.69) is 15.4 Å². The Morgan fingerprint density at radius 1 is 1.07 bits per heavy atom. The maximum atomic E-state index is 12.9. The smallest absolute Gasteiger partial charge is 0.351 e. The second-order valence-corrected chi connectivity index (χ2v) is 6.33. The van der Waals surface area contributed by atoms with Crippen molar-refractivity contribution in [3.05, 3.63) is 65.1 Å².